The van der Waals surface area contributed by atoms with Crippen LogP contribution in [0.5, 0.6) is 0 Å². The first kappa shape index (κ1) is 29.9. The van der Waals surface area contributed by atoms with E-state index in [2.05, 4.69) is 57.0 Å². The Labute approximate surface area is 246 Å². The first-order chi connectivity index (χ1) is 19.2. The molecule has 7 atom stereocenters. The molecule has 0 unspecified atom stereocenters. The second-order valence-electron chi connectivity index (χ2n) is 13.6. The highest BCUT2D eigenvalue weighted by molar-refractivity contribution is 7.09. The lowest BCUT2D eigenvalue weighted by molar-refractivity contribution is 0.0862. The molecule has 40 heavy (non-hydrogen) atoms. The van der Waals surface area contributed by atoms with Gasteiger partial charge in [-0.25, -0.2) is 4.98 Å². The number of allylic oxidation sites excluding steroid dienone is 4. The third-order valence-electron chi connectivity index (χ3n) is 10.9. The standard InChI is InChI=1S/C35H51NO3S/c1-5-6-7-10-27-22-40-33(36-27)35(18-19-35)32(39)16-11-23(2)29-14-15-30-25(9-8-17-34(29,30)4)12-13-26-20-28(37)21-31(38)24(26)3/h11-13,16,22-23,28-32,37-39H,3,5-10,14-15,17-21H2,1-2,4H3/b16-11+,25-12+,26-13-/t23-,28-,29-,30+,31+,32+,34-/m1/s1. The van der Waals surface area contributed by atoms with Gasteiger partial charge in [0.25, 0.3) is 0 Å². The molecular formula is C35H51NO3S. The number of rotatable bonds is 10. The van der Waals surface area contributed by atoms with Gasteiger partial charge < -0.3 is 15.3 Å². The largest absolute Gasteiger partial charge is 0.393 e. The number of aryl methyl sites for hydroxylation is 1. The molecule has 0 aliphatic heterocycles. The predicted octanol–water partition coefficient (Wildman–Crippen LogP) is 7.60. The maximum absolute atomic E-state index is 11.3. The van der Waals surface area contributed by atoms with Crippen molar-refractivity contribution in [3.05, 3.63) is 63.7 Å². The van der Waals surface area contributed by atoms with E-state index in [4.69, 9.17) is 4.98 Å². The summed E-state index contributed by atoms with van der Waals surface area (Å²) in [6.07, 6.45) is 21.0. The van der Waals surface area contributed by atoms with Crippen LogP contribution in [0.4, 0.5) is 0 Å². The molecule has 0 spiro atoms. The number of unbranched alkanes of at least 4 members (excludes halogenated alkanes) is 2. The quantitative estimate of drug-likeness (QED) is 0.202. The van der Waals surface area contributed by atoms with Crippen LogP contribution in [-0.4, -0.2) is 38.6 Å². The van der Waals surface area contributed by atoms with Crippen LogP contribution in [0.15, 0.2) is 53.0 Å². The number of aromatic nitrogens is 1. The topological polar surface area (TPSA) is 73.6 Å². The Morgan fingerprint density at radius 1 is 1.15 bits per heavy atom. The van der Waals surface area contributed by atoms with Gasteiger partial charge in [-0.2, -0.15) is 0 Å². The van der Waals surface area contributed by atoms with E-state index in [1.165, 1.54) is 56.2 Å². The van der Waals surface area contributed by atoms with Gasteiger partial charge in [-0.3, -0.25) is 0 Å². The summed E-state index contributed by atoms with van der Waals surface area (Å²) in [5.41, 5.74) is 4.59. The average molecular weight is 566 g/mol. The molecule has 0 bridgehead atoms. The van der Waals surface area contributed by atoms with Crippen molar-refractivity contribution >= 4 is 11.3 Å². The monoisotopic (exact) mass is 565 g/mol. The highest BCUT2D eigenvalue weighted by Crippen LogP contribution is 2.60. The van der Waals surface area contributed by atoms with E-state index >= 15 is 0 Å². The highest BCUT2D eigenvalue weighted by Gasteiger charge is 2.53. The van der Waals surface area contributed by atoms with Gasteiger partial charge in [0.2, 0.25) is 0 Å². The molecular weight excluding hydrogens is 514 g/mol. The van der Waals surface area contributed by atoms with Gasteiger partial charge in [0.1, 0.15) is 5.01 Å². The molecule has 5 heteroatoms. The van der Waals surface area contributed by atoms with Gasteiger partial charge in [-0.05, 0) is 98.5 Å². The van der Waals surface area contributed by atoms with Crippen molar-refractivity contribution in [1.82, 2.24) is 4.98 Å². The molecule has 220 valence electrons. The fourth-order valence-electron chi connectivity index (χ4n) is 8.18. The summed E-state index contributed by atoms with van der Waals surface area (Å²) in [4.78, 5) is 4.96. The number of nitrogens with zero attached hydrogens (tertiary/aromatic N) is 1. The van der Waals surface area contributed by atoms with E-state index in [1.54, 1.807) is 11.3 Å². The van der Waals surface area contributed by atoms with Crippen molar-refractivity contribution < 1.29 is 15.3 Å². The summed E-state index contributed by atoms with van der Waals surface area (Å²) >= 11 is 1.75. The molecule has 3 N–H and O–H groups in total. The number of hydrogen-bond donors (Lipinski definition) is 3. The fourth-order valence-corrected chi connectivity index (χ4v) is 9.33. The zero-order chi connectivity index (χ0) is 28.5. The maximum Gasteiger partial charge on any atom is 0.102 e. The molecule has 4 aliphatic carbocycles. The third-order valence-corrected chi connectivity index (χ3v) is 12.0. The molecule has 1 aromatic heterocycles. The van der Waals surface area contributed by atoms with Gasteiger partial charge in [-0.15, -0.1) is 11.3 Å². The van der Waals surface area contributed by atoms with Gasteiger partial charge in [0.15, 0.2) is 0 Å². The number of hydrogen-bond acceptors (Lipinski definition) is 5. The lowest BCUT2D eigenvalue weighted by atomic mass is 9.61. The lowest BCUT2D eigenvalue weighted by Crippen LogP contribution is -2.35. The predicted molar refractivity (Wildman–Crippen MR) is 165 cm³/mol. The summed E-state index contributed by atoms with van der Waals surface area (Å²) in [7, 11) is 0. The molecule has 0 amide bonds. The molecule has 1 heterocycles. The Morgan fingerprint density at radius 2 is 1.95 bits per heavy atom. The van der Waals surface area contributed by atoms with Crippen LogP contribution >= 0.6 is 11.3 Å². The van der Waals surface area contributed by atoms with Crippen LogP contribution in [0.1, 0.15) is 109 Å². The second-order valence-corrected chi connectivity index (χ2v) is 14.5. The van der Waals surface area contributed by atoms with Crippen LogP contribution in [0.2, 0.25) is 0 Å². The first-order valence-corrected chi connectivity index (χ1v) is 16.8. The molecule has 5 rings (SSSR count). The SMILES string of the molecule is C=C1/C(=C\C=C2/CCC[C@]3(C)[C@@H]([C@H](C)/C=C/[C@H](O)C4(c5nc(CCCCC)cs5)CC4)CC[C@@H]23)C[C@@H](O)C[C@@H]1O. The smallest absolute Gasteiger partial charge is 0.102 e. The lowest BCUT2D eigenvalue weighted by Gasteiger charge is -2.44. The van der Waals surface area contributed by atoms with Gasteiger partial charge in [0.05, 0.1) is 29.4 Å². The highest BCUT2D eigenvalue weighted by atomic mass is 32.1. The number of thiazole rings is 1. The van der Waals surface area contributed by atoms with E-state index in [1.807, 2.05) is 0 Å². The summed E-state index contributed by atoms with van der Waals surface area (Å²) < 4.78 is 0. The van der Waals surface area contributed by atoms with Crippen molar-refractivity contribution in [3.8, 4) is 0 Å². The number of aliphatic hydroxyl groups excluding tert-OH is 3. The summed E-state index contributed by atoms with van der Waals surface area (Å²) in [6.45, 7) is 11.2. The van der Waals surface area contributed by atoms with Gasteiger partial charge in [0, 0.05) is 11.8 Å². The normalized spacial score (nSPS) is 35.4. The van der Waals surface area contributed by atoms with Crippen LogP contribution in [0, 0.1) is 23.2 Å². The molecule has 0 radical (unpaired) electrons. The van der Waals surface area contributed by atoms with E-state index in [0.717, 1.165) is 41.8 Å². The molecule has 4 aliphatic rings. The van der Waals surface area contributed by atoms with Crippen molar-refractivity contribution in [1.29, 1.82) is 0 Å². The Balaban J connectivity index is 1.24. The van der Waals surface area contributed by atoms with E-state index in [9.17, 15) is 15.3 Å². The molecule has 4 nitrogen and oxygen atoms in total. The maximum atomic E-state index is 11.3. The van der Waals surface area contributed by atoms with Gasteiger partial charge in [-0.1, -0.05) is 70.1 Å². The Morgan fingerprint density at radius 3 is 2.70 bits per heavy atom. The fraction of sp³-hybridized carbons (Fsp3) is 0.686. The van der Waals surface area contributed by atoms with Crippen LogP contribution in [-0.2, 0) is 11.8 Å². The molecule has 1 aromatic rings. The van der Waals surface area contributed by atoms with Crippen molar-refractivity contribution in [2.75, 3.05) is 0 Å². The minimum Gasteiger partial charge on any atom is -0.393 e. The van der Waals surface area contributed by atoms with E-state index < -0.39 is 18.3 Å². The van der Waals surface area contributed by atoms with Crippen molar-refractivity contribution in [2.45, 2.75) is 128 Å². The zero-order valence-corrected chi connectivity index (χ0v) is 25.8. The second kappa shape index (κ2) is 12.4. The number of fused-ring (bicyclic) bond motifs is 1. The first-order valence-electron chi connectivity index (χ1n) is 15.9. The van der Waals surface area contributed by atoms with Crippen LogP contribution in [0.3, 0.4) is 0 Å². The molecule has 0 saturated heterocycles. The molecule has 4 saturated carbocycles. The Bertz CT molecular complexity index is 1140. The third kappa shape index (κ3) is 6.00. The van der Waals surface area contributed by atoms with E-state index in [0.29, 0.717) is 30.6 Å². The molecule has 4 fully saturated rings. The summed E-state index contributed by atoms with van der Waals surface area (Å²) in [5.74, 6) is 1.60. The van der Waals surface area contributed by atoms with Crippen molar-refractivity contribution in [3.63, 3.8) is 0 Å². The molecule has 0 aromatic carbocycles. The summed E-state index contributed by atoms with van der Waals surface area (Å²) in [6, 6.07) is 0. The average Bonchev–Trinajstić information content (AvgIpc) is 3.46. The van der Waals surface area contributed by atoms with Crippen LogP contribution in [0.25, 0.3) is 0 Å². The Hall–Kier alpha value is -1.53. The minimum atomic E-state index is -0.637. The van der Waals surface area contributed by atoms with Crippen molar-refractivity contribution in [2.24, 2.45) is 23.2 Å². The number of aliphatic hydroxyl groups is 3. The van der Waals surface area contributed by atoms with Crippen LogP contribution < -0.4 is 0 Å². The zero-order valence-electron chi connectivity index (χ0n) is 24.9. The van der Waals surface area contributed by atoms with E-state index in [-0.39, 0.29) is 10.8 Å². The Kier molecular flexibility index (Phi) is 9.26. The minimum absolute atomic E-state index is 0.162. The summed E-state index contributed by atoms with van der Waals surface area (Å²) in [5, 5.41) is 35.1. The van der Waals surface area contributed by atoms with Gasteiger partial charge >= 0.3 is 0 Å².